The largest absolute Gasteiger partial charge is 0.495 e. The third kappa shape index (κ3) is 3.89. The standard InChI is InChI=1S/C16H16ClNO3/c1-11(21-14-9-5-3-7-12(14)17)16(19)18-13-8-4-6-10-15(13)20-2/h3-11H,1-2H3,(H,18,19)/t11-/m0/s1. The average Bonchev–Trinajstić information content (AvgIpc) is 2.50. The minimum absolute atomic E-state index is 0.278. The molecule has 1 N–H and O–H groups in total. The molecule has 110 valence electrons. The number of carbonyl (C=O) groups is 1. The number of halogens is 1. The molecule has 0 radical (unpaired) electrons. The molecule has 1 atom stereocenters. The molecule has 5 heteroatoms. The van der Waals surface area contributed by atoms with Crippen molar-refractivity contribution in [2.75, 3.05) is 12.4 Å². The van der Waals surface area contributed by atoms with Gasteiger partial charge in [0.15, 0.2) is 6.10 Å². The van der Waals surface area contributed by atoms with Crippen molar-refractivity contribution in [2.24, 2.45) is 0 Å². The Bertz CT molecular complexity index is 630. The minimum Gasteiger partial charge on any atom is -0.495 e. The molecular formula is C16H16ClNO3. The predicted octanol–water partition coefficient (Wildman–Crippen LogP) is 3.75. The molecule has 0 bridgehead atoms. The summed E-state index contributed by atoms with van der Waals surface area (Å²) in [7, 11) is 1.55. The SMILES string of the molecule is COc1ccccc1NC(=O)[C@H](C)Oc1ccccc1Cl. The normalized spacial score (nSPS) is 11.6. The summed E-state index contributed by atoms with van der Waals surface area (Å²) in [6.07, 6.45) is -0.685. The average molecular weight is 306 g/mol. The third-order valence-electron chi connectivity index (χ3n) is 2.87. The van der Waals surface area contributed by atoms with E-state index in [1.807, 2.05) is 12.1 Å². The van der Waals surface area contributed by atoms with Gasteiger partial charge in [0.05, 0.1) is 17.8 Å². The number of anilines is 1. The van der Waals surface area contributed by atoms with E-state index in [-0.39, 0.29) is 5.91 Å². The van der Waals surface area contributed by atoms with Crippen LogP contribution in [-0.4, -0.2) is 19.1 Å². The zero-order valence-electron chi connectivity index (χ0n) is 11.8. The van der Waals surface area contributed by atoms with E-state index in [1.54, 1.807) is 50.4 Å². The molecule has 2 rings (SSSR count). The lowest BCUT2D eigenvalue weighted by Gasteiger charge is -2.16. The number of hydrogen-bond acceptors (Lipinski definition) is 3. The van der Waals surface area contributed by atoms with Gasteiger partial charge in [-0.25, -0.2) is 0 Å². The van der Waals surface area contributed by atoms with E-state index in [1.165, 1.54) is 0 Å². The lowest BCUT2D eigenvalue weighted by molar-refractivity contribution is -0.122. The predicted molar refractivity (Wildman–Crippen MR) is 83.2 cm³/mol. The zero-order valence-corrected chi connectivity index (χ0v) is 12.6. The van der Waals surface area contributed by atoms with Crippen LogP contribution in [0.1, 0.15) is 6.92 Å². The van der Waals surface area contributed by atoms with E-state index in [2.05, 4.69) is 5.32 Å². The Morgan fingerprint density at radius 1 is 1.10 bits per heavy atom. The Morgan fingerprint density at radius 2 is 1.71 bits per heavy atom. The molecule has 2 aromatic rings. The second-order valence-electron chi connectivity index (χ2n) is 4.38. The van der Waals surface area contributed by atoms with E-state index in [0.29, 0.717) is 22.2 Å². The molecule has 0 spiro atoms. The molecule has 0 saturated heterocycles. The topological polar surface area (TPSA) is 47.6 Å². The number of hydrogen-bond donors (Lipinski definition) is 1. The Labute approximate surface area is 128 Å². The highest BCUT2D eigenvalue weighted by Gasteiger charge is 2.17. The molecule has 4 nitrogen and oxygen atoms in total. The molecule has 0 fully saturated rings. The number of para-hydroxylation sites is 3. The third-order valence-corrected chi connectivity index (χ3v) is 3.19. The molecule has 21 heavy (non-hydrogen) atoms. The van der Waals surface area contributed by atoms with Gasteiger partial charge in [0, 0.05) is 0 Å². The molecule has 0 aromatic heterocycles. The lowest BCUT2D eigenvalue weighted by Crippen LogP contribution is -2.30. The molecule has 0 aliphatic carbocycles. The van der Waals surface area contributed by atoms with Crippen molar-refractivity contribution in [2.45, 2.75) is 13.0 Å². The summed E-state index contributed by atoms with van der Waals surface area (Å²) >= 11 is 6.00. The van der Waals surface area contributed by atoms with Gasteiger partial charge in [-0.2, -0.15) is 0 Å². The van der Waals surface area contributed by atoms with Crippen LogP contribution < -0.4 is 14.8 Å². The molecule has 0 aliphatic rings. The van der Waals surface area contributed by atoms with E-state index in [9.17, 15) is 4.79 Å². The van der Waals surface area contributed by atoms with Crippen LogP contribution >= 0.6 is 11.6 Å². The van der Waals surface area contributed by atoms with E-state index in [4.69, 9.17) is 21.1 Å². The number of rotatable bonds is 5. The minimum atomic E-state index is -0.685. The fourth-order valence-electron chi connectivity index (χ4n) is 1.77. The maximum absolute atomic E-state index is 12.2. The fourth-order valence-corrected chi connectivity index (χ4v) is 1.95. The van der Waals surface area contributed by atoms with Crippen LogP contribution in [0.2, 0.25) is 5.02 Å². The van der Waals surface area contributed by atoms with Crippen LogP contribution in [0.4, 0.5) is 5.69 Å². The van der Waals surface area contributed by atoms with Crippen molar-refractivity contribution in [1.82, 2.24) is 0 Å². The van der Waals surface area contributed by atoms with E-state index < -0.39 is 6.10 Å². The van der Waals surface area contributed by atoms with Gasteiger partial charge in [0.25, 0.3) is 5.91 Å². The van der Waals surface area contributed by atoms with Crippen LogP contribution in [0, 0.1) is 0 Å². The Balaban J connectivity index is 2.05. The summed E-state index contributed by atoms with van der Waals surface area (Å²) in [5.41, 5.74) is 0.597. The van der Waals surface area contributed by atoms with Gasteiger partial charge < -0.3 is 14.8 Å². The smallest absolute Gasteiger partial charge is 0.265 e. The van der Waals surface area contributed by atoms with Gasteiger partial charge in [-0.1, -0.05) is 35.9 Å². The van der Waals surface area contributed by atoms with Crippen molar-refractivity contribution in [3.63, 3.8) is 0 Å². The van der Waals surface area contributed by atoms with Crippen LogP contribution in [0.3, 0.4) is 0 Å². The van der Waals surface area contributed by atoms with Gasteiger partial charge in [-0.15, -0.1) is 0 Å². The van der Waals surface area contributed by atoms with Crippen molar-refractivity contribution in [3.05, 3.63) is 53.6 Å². The van der Waals surface area contributed by atoms with Gasteiger partial charge in [0.1, 0.15) is 11.5 Å². The highest BCUT2D eigenvalue weighted by Crippen LogP contribution is 2.26. The highest BCUT2D eigenvalue weighted by molar-refractivity contribution is 6.32. The number of methoxy groups -OCH3 is 1. The van der Waals surface area contributed by atoms with Crippen LogP contribution in [0.5, 0.6) is 11.5 Å². The van der Waals surface area contributed by atoms with Gasteiger partial charge >= 0.3 is 0 Å². The van der Waals surface area contributed by atoms with E-state index >= 15 is 0 Å². The van der Waals surface area contributed by atoms with E-state index in [0.717, 1.165) is 0 Å². The molecule has 0 heterocycles. The van der Waals surface area contributed by atoms with Gasteiger partial charge in [-0.05, 0) is 31.2 Å². The van der Waals surface area contributed by atoms with Crippen LogP contribution in [-0.2, 0) is 4.79 Å². The molecule has 1 amide bonds. The number of benzene rings is 2. The van der Waals surface area contributed by atoms with Crippen molar-refractivity contribution < 1.29 is 14.3 Å². The van der Waals surface area contributed by atoms with Crippen molar-refractivity contribution in [1.29, 1.82) is 0 Å². The Hall–Kier alpha value is -2.20. The first-order valence-corrected chi connectivity index (χ1v) is 6.84. The number of carbonyl (C=O) groups excluding carboxylic acids is 1. The Kier molecular flexibility index (Phi) is 5.06. The Morgan fingerprint density at radius 3 is 2.38 bits per heavy atom. The molecular weight excluding hydrogens is 290 g/mol. The van der Waals surface area contributed by atoms with Crippen molar-refractivity contribution >= 4 is 23.2 Å². The summed E-state index contributed by atoms with van der Waals surface area (Å²) in [5, 5.41) is 3.24. The second-order valence-corrected chi connectivity index (χ2v) is 4.79. The fraction of sp³-hybridized carbons (Fsp3) is 0.188. The summed E-state index contributed by atoms with van der Waals surface area (Å²) in [4.78, 5) is 12.2. The summed E-state index contributed by atoms with van der Waals surface area (Å²) < 4.78 is 10.8. The number of nitrogens with one attached hydrogen (secondary N) is 1. The quantitative estimate of drug-likeness (QED) is 0.915. The maximum atomic E-state index is 12.2. The molecule has 0 unspecified atom stereocenters. The van der Waals surface area contributed by atoms with Crippen molar-refractivity contribution in [3.8, 4) is 11.5 Å². The monoisotopic (exact) mass is 305 g/mol. The molecule has 0 aliphatic heterocycles. The molecule has 2 aromatic carbocycles. The number of amides is 1. The first-order chi connectivity index (χ1) is 10.1. The lowest BCUT2D eigenvalue weighted by atomic mass is 10.2. The summed E-state index contributed by atoms with van der Waals surface area (Å²) in [6.45, 7) is 1.66. The summed E-state index contributed by atoms with van der Waals surface area (Å²) in [6, 6.07) is 14.2. The first kappa shape index (κ1) is 15.2. The maximum Gasteiger partial charge on any atom is 0.265 e. The summed E-state index contributed by atoms with van der Waals surface area (Å²) in [5.74, 6) is 0.789. The van der Waals surface area contributed by atoms with Crippen LogP contribution in [0.25, 0.3) is 0 Å². The zero-order chi connectivity index (χ0) is 15.2. The highest BCUT2D eigenvalue weighted by atomic mass is 35.5. The first-order valence-electron chi connectivity index (χ1n) is 6.47. The van der Waals surface area contributed by atoms with Gasteiger partial charge in [0.2, 0.25) is 0 Å². The van der Waals surface area contributed by atoms with Crippen LogP contribution in [0.15, 0.2) is 48.5 Å². The second kappa shape index (κ2) is 6.99. The van der Waals surface area contributed by atoms with Gasteiger partial charge in [-0.3, -0.25) is 4.79 Å². The number of ether oxygens (including phenoxy) is 2. The molecule has 0 saturated carbocycles.